The predicted molar refractivity (Wildman–Crippen MR) is 244 cm³/mol. The van der Waals surface area contributed by atoms with Crippen molar-refractivity contribution in [2.75, 3.05) is 47.5 Å². The number of nitrogens with zero attached hydrogens (tertiary/aromatic N) is 1. The summed E-state index contributed by atoms with van der Waals surface area (Å²) in [6, 6.07) is 0. The lowest BCUT2D eigenvalue weighted by Crippen LogP contribution is -2.40. The summed E-state index contributed by atoms with van der Waals surface area (Å²) in [4.78, 5) is 37.1. The molecule has 0 rings (SSSR count). The van der Waals surface area contributed by atoms with Crippen LogP contribution in [0.5, 0.6) is 0 Å². The number of ether oxygens (including phenoxy) is 4. The molecular weight excluding hydrogens is 743 g/mol. The van der Waals surface area contributed by atoms with Gasteiger partial charge in [0.2, 0.25) is 0 Å². The van der Waals surface area contributed by atoms with Crippen molar-refractivity contribution in [1.82, 2.24) is 0 Å². The maximum absolute atomic E-state index is 12.7. The van der Waals surface area contributed by atoms with Gasteiger partial charge in [-0.3, -0.25) is 9.59 Å². The van der Waals surface area contributed by atoms with Crippen LogP contribution in [0.3, 0.4) is 0 Å². The molecule has 0 saturated carbocycles. The summed E-state index contributed by atoms with van der Waals surface area (Å²) in [6.07, 6.45) is 52.8. The van der Waals surface area contributed by atoms with Crippen LogP contribution in [0.2, 0.25) is 0 Å². The maximum Gasteiger partial charge on any atom is 0.361 e. The molecule has 0 radical (unpaired) electrons. The van der Waals surface area contributed by atoms with Crippen molar-refractivity contribution in [2.45, 2.75) is 129 Å². The number of rotatable bonds is 37. The number of carbonyl (C=O) groups excluding carboxylic acids is 2. The lowest BCUT2D eigenvalue weighted by Gasteiger charge is -2.25. The first-order valence-corrected chi connectivity index (χ1v) is 21.7. The van der Waals surface area contributed by atoms with Crippen LogP contribution in [0.4, 0.5) is 0 Å². The average Bonchev–Trinajstić information content (AvgIpc) is 3.19. The van der Waals surface area contributed by atoms with Crippen molar-refractivity contribution in [1.29, 1.82) is 0 Å². The molecule has 0 aliphatic heterocycles. The molecule has 0 aromatic carbocycles. The van der Waals surface area contributed by atoms with Crippen molar-refractivity contribution in [2.24, 2.45) is 0 Å². The highest BCUT2D eigenvalue weighted by atomic mass is 16.7. The molecule has 0 aliphatic carbocycles. The standard InChI is InChI=1S/C50H77NO8/c1-6-8-10-12-14-16-18-20-22-24-26-28-30-32-34-36-38-40-47(52)57-44-46(45-58-50(49(54)55)56-43-42-51(3,4)5)59-48(53)41-39-37-35-33-31-29-27-25-23-21-19-17-15-13-11-9-7-2/h8-11,14-17,20-23,26-29,32-35,46,50H,6-7,12-13,18-19,24-25,30-31,36-45H2,1-5H3/p+1/b10-8-,11-9-,16-14-,17-15-,22-20-,23-21-,28-26-,29-27-,34-32-,35-33-. The molecule has 0 aliphatic rings. The highest BCUT2D eigenvalue weighted by Gasteiger charge is 2.25. The Hall–Kier alpha value is -4.31. The Balaban J connectivity index is 4.69. The molecule has 9 nitrogen and oxygen atoms in total. The smallest absolute Gasteiger partial charge is 0.361 e. The van der Waals surface area contributed by atoms with E-state index < -0.39 is 30.3 Å². The van der Waals surface area contributed by atoms with Gasteiger partial charge in [-0.25, -0.2) is 4.79 Å². The summed E-state index contributed by atoms with van der Waals surface area (Å²) in [7, 11) is 5.90. The normalized spacial score (nSPS) is 14.1. The molecule has 0 heterocycles. The summed E-state index contributed by atoms with van der Waals surface area (Å²) < 4.78 is 22.6. The fourth-order valence-corrected chi connectivity index (χ4v) is 4.90. The van der Waals surface area contributed by atoms with Crippen LogP contribution in [0, 0.1) is 0 Å². The van der Waals surface area contributed by atoms with Crippen LogP contribution >= 0.6 is 0 Å². The molecular formula is C50H78NO8+. The molecule has 0 aromatic heterocycles. The highest BCUT2D eigenvalue weighted by Crippen LogP contribution is 2.09. The minimum absolute atomic E-state index is 0.160. The van der Waals surface area contributed by atoms with E-state index in [-0.39, 0.29) is 32.7 Å². The third kappa shape index (κ3) is 41.6. The minimum atomic E-state index is -1.54. The number of carbonyl (C=O) groups is 3. The lowest BCUT2D eigenvalue weighted by molar-refractivity contribution is -0.870. The zero-order valence-electron chi connectivity index (χ0n) is 37.1. The summed E-state index contributed by atoms with van der Waals surface area (Å²) in [5, 5.41) is 9.62. The van der Waals surface area contributed by atoms with E-state index in [0.717, 1.165) is 70.6 Å². The number of esters is 2. The number of hydrogen-bond donors (Lipinski definition) is 1. The third-order valence-corrected chi connectivity index (χ3v) is 8.21. The number of likely N-dealkylation sites (N-methyl/N-ethyl adjacent to an activating group) is 1. The predicted octanol–water partition coefficient (Wildman–Crippen LogP) is 11.4. The highest BCUT2D eigenvalue weighted by molar-refractivity contribution is 5.71. The Morgan fingerprint density at radius 1 is 0.508 bits per heavy atom. The van der Waals surface area contributed by atoms with Crippen LogP contribution in [0.25, 0.3) is 0 Å². The molecule has 9 heteroatoms. The first-order valence-electron chi connectivity index (χ1n) is 21.7. The van der Waals surface area contributed by atoms with Gasteiger partial charge in [0.05, 0.1) is 34.4 Å². The number of carboxylic acids is 1. The van der Waals surface area contributed by atoms with E-state index in [1.54, 1.807) is 0 Å². The van der Waals surface area contributed by atoms with Crippen molar-refractivity contribution < 1.29 is 42.9 Å². The number of unbranched alkanes of at least 4 members (excludes halogenated alkanes) is 2. The van der Waals surface area contributed by atoms with Gasteiger partial charge in [-0.05, 0) is 89.9 Å². The van der Waals surface area contributed by atoms with E-state index in [4.69, 9.17) is 18.9 Å². The second kappa shape index (κ2) is 40.5. The Morgan fingerprint density at radius 3 is 1.25 bits per heavy atom. The number of allylic oxidation sites excluding steroid dienone is 20. The van der Waals surface area contributed by atoms with Crippen molar-refractivity contribution >= 4 is 17.9 Å². The van der Waals surface area contributed by atoms with E-state index in [2.05, 4.69) is 123 Å². The summed E-state index contributed by atoms with van der Waals surface area (Å²) in [6.45, 7) is 4.46. The van der Waals surface area contributed by atoms with E-state index in [1.807, 2.05) is 33.3 Å². The molecule has 0 saturated heterocycles. The molecule has 330 valence electrons. The molecule has 1 N–H and O–H groups in total. The van der Waals surface area contributed by atoms with Gasteiger partial charge in [-0.2, -0.15) is 0 Å². The molecule has 2 atom stereocenters. The van der Waals surface area contributed by atoms with Gasteiger partial charge < -0.3 is 28.5 Å². The first kappa shape index (κ1) is 54.7. The second-order valence-electron chi connectivity index (χ2n) is 14.9. The quantitative estimate of drug-likeness (QED) is 0.0217. The molecule has 0 aromatic rings. The Labute approximate surface area is 357 Å². The molecule has 0 amide bonds. The van der Waals surface area contributed by atoms with Gasteiger partial charge in [0, 0.05) is 12.8 Å². The SMILES string of the molecule is CC/C=C\C/C=C\C/C=C\C/C=C\C/C=C\CCCC(=O)OCC(COC(OCC[N+](C)(C)C)C(=O)O)OC(=O)CCC/C=C\C/C=C\C/C=C\C/C=C\C/C=C\CC. The van der Waals surface area contributed by atoms with Crippen molar-refractivity contribution in [3.8, 4) is 0 Å². The van der Waals surface area contributed by atoms with Crippen LogP contribution < -0.4 is 0 Å². The van der Waals surface area contributed by atoms with Crippen LogP contribution in [0.1, 0.15) is 117 Å². The largest absolute Gasteiger partial charge is 0.477 e. The Bertz CT molecular complexity index is 1370. The van der Waals surface area contributed by atoms with E-state index in [0.29, 0.717) is 30.3 Å². The monoisotopic (exact) mass is 821 g/mol. The van der Waals surface area contributed by atoms with Gasteiger partial charge in [0.15, 0.2) is 6.10 Å². The Morgan fingerprint density at radius 2 is 0.881 bits per heavy atom. The van der Waals surface area contributed by atoms with Gasteiger partial charge in [-0.1, -0.05) is 135 Å². The van der Waals surface area contributed by atoms with Crippen LogP contribution in [-0.4, -0.2) is 87.4 Å². The first-order chi connectivity index (χ1) is 28.6. The number of quaternary nitrogens is 1. The minimum Gasteiger partial charge on any atom is -0.477 e. The maximum atomic E-state index is 12.7. The molecule has 59 heavy (non-hydrogen) atoms. The van der Waals surface area contributed by atoms with Gasteiger partial charge >= 0.3 is 17.9 Å². The second-order valence-corrected chi connectivity index (χ2v) is 14.9. The summed E-state index contributed by atoms with van der Waals surface area (Å²) in [5.41, 5.74) is 0. The van der Waals surface area contributed by atoms with E-state index in [9.17, 15) is 19.5 Å². The van der Waals surface area contributed by atoms with Gasteiger partial charge in [0.1, 0.15) is 13.2 Å². The summed E-state index contributed by atoms with van der Waals surface area (Å²) in [5.74, 6) is -2.19. The van der Waals surface area contributed by atoms with E-state index in [1.165, 1.54) is 0 Å². The van der Waals surface area contributed by atoms with Crippen LogP contribution in [0.15, 0.2) is 122 Å². The third-order valence-electron chi connectivity index (χ3n) is 8.21. The van der Waals surface area contributed by atoms with Crippen molar-refractivity contribution in [3.63, 3.8) is 0 Å². The molecule has 0 fully saturated rings. The van der Waals surface area contributed by atoms with Crippen LogP contribution in [-0.2, 0) is 33.3 Å². The van der Waals surface area contributed by atoms with E-state index >= 15 is 0 Å². The van der Waals surface area contributed by atoms with Gasteiger partial charge in [0.25, 0.3) is 6.29 Å². The molecule has 0 bridgehead atoms. The fourth-order valence-electron chi connectivity index (χ4n) is 4.90. The fraction of sp³-hybridized carbons (Fsp3) is 0.540. The molecule has 2 unspecified atom stereocenters. The molecule has 0 spiro atoms. The summed E-state index contributed by atoms with van der Waals surface area (Å²) >= 11 is 0. The Kier molecular flexibility index (Phi) is 37.5. The zero-order valence-corrected chi connectivity index (χ0v) is 37.1. The van der Waals surface area contributed by atoms with Gasteiger partial charge in [-0.15, -0.1) is 0 Å². The zero-order chi connectivity index (χ0) is 43.5. The lowest BCUT2D eigenvalue weighted by atomic mass is 10.2. The number of aliphatic carboxylic acids is 1. The topological polar surface area (TPSA) is 108 Å². The van der Waals surface area contributed by atoms with Crippen molar-refractivity contribution in [3.05, 3.63) is 122 Å². The average molecular weight is 821 g/mol. The number of hydrogen-bond acceptors (Lipinski definition) is 7. The number of carboxylic acid groups (broad SMARTS) is 1.